The molecule has 3 nitrogen and oxygen atoms in total. The topological polar surface area (TPSA) is 13.1 Å². The highest BCUT2D eigenvalue weighted by atomic mass is 15.2. The summed E-state index contributed by atoms with van der Waals surface area (Å²) in [7, 11) is 0. The van der Waals surface area contributed by atoms with Gasteiger partial charge < -0.3 is 14.0 Å². The van der Waals surface area contributed by atoms with Crippen molar-refractivity contribution in [3.05, 3.63) is 176 Å². The van der Waals surface area contributed by atoms with E-state index in [1.807, 2.05) is 0 Å². The molecule has 9 rings (SSSR count). The molecule has 0 aliphatic rings. The van der Waals surface area contributed by atoms with Crippen molar-refractivity contribution in [1.82, 2.24) is 9.13 Å². The summed E-state index contributed by atoms with van der Waals surface area (Å²) in [5.41, 5.74) is 10.2. The number of anilines is 3. The first kappa shape index (κ1) is 25.4. The fraction of sp³-hybridized carbons (Fsp3) is 0. The molecule has 0 unspecified atom stereocenters. The lowest BCUT2D eigenvalue weighted by molar-refractivity contribution is 1.10. The summed E-state index contributed by atoms with van der Waals surface area (Å²) in [6.07, 6.45) is 0. The number of fused-ring (bicyclic) bond motifs is 6. The zero-order valence-corrected chi connectivity index (χ0v) is 24.6. The molecular weight excluding hydrogens is 546 g/mol. The lowest BCUT2D eigenvalue weighted by atomic mass is 10.1. The minimum Gasteiger partial charge on any atom is -0.307 e. The maximum absolute atomic E-state index is 2.44. The Morgan fingerprint density at radius 1 is 0.289 bits per heavy atom. The summed E-state index contributed by atoms with van der Waals surface area (Å²) in [6.45, 7) is 0. The lowest BCUT2D eigenvalue weighted by Crippen LogP contribution is -2.16. The summed E-state index contributed by atoms with van der Waals surface area (Å²) < 4.78 is 4.88. The third kappa shape index (κ3) is 3.91. The average Bonchev–Trinajstić information content (AvgIpc) is 3.63. The molecule has 0 amide bonds. The minimum atomic E-state index is 1.10. The summed E-state index contributed by atoms with van der Waals surface area (Å²) >= 11 is 0. The molecule has 9 aromatic rings. The van der Waals surface area contributed by atoms with Gasteiger partial charge in [-0.2, -0.15) is 0 Å². The van der Waals surface area contributed by atoms with Crippen molar-refractivity contribution < 1.29 is 0 Å². The van der Waals surface area contributed by atoms with Gasteiger partial charge in [-0.25, -0.2) is 0 Å². The fourth-order valence-corrected chi connectivity index (χ4v) is 7.04. The number of hydrogen-bond donors (Lipinski definition) is 0. The van der Waals surface area contributed by atoms with Crippen molar-refractivity contribution in [2.24, 2.45) is 0 Å². The van der Waals surface area contributed by atoms with E-state index in [1.54, 1.807) is 0 Å². The van der Waals surface area contributed by atoms with Crippen LogP contribution in [0.2, 0.25) is 0 Å². The Morgan fingerprint density at radius 2 is 0.600 bits per heavy atom. The van der Waals surface area contributed by atoms with E-state index in [1.165, 1.54) is 43.6 Å². The van der Waals surface area contributed by atoms with Gasteiger partial charge >= 0.3 is 0 Å². The van der Waals surface area contributed by atoms with Crippen molar-refractivity contribution in [2.75, 3.05) is 4.90 Å². The zero-order valence-electron chi connectivity index (χ0n) is 24.6. The van der Waals surface area contributed by atoms with E-state index in [2.05, 4.69) is 190 Å². The monoisotopic (exact) mass is 575 g/mol. The van der Waals surface area contributed by atoms with Crippen LogP contribution in [0.5, 0.6) is 0 Å². The van der Waals surface area contributed by atoms with Crippen LogP contribution >= 0.6 is 0 Å². The second-order valence-corrected chi connectivity index (χ2v) is 11.4. The molecule has 2 heterocycles. The van der Waals surface area contributed by atoms with Gasteiger partial charge in [-0.15, -0.1) is 0 Å². The molecule has 212 valence electrons. The Bertz CT molecular complexity index is 2210. The Balaban J connectivity index is 1.49. The van der Waals surface area contributed by atoms with E-state index < -0.39 is 0 Å². The summed E-state index contributed by atoms with van der Waals surface area (Å²) in [5, 5.41) is 4.97. The van der Waals surface area contributed by atoms with Gasteiger partial charge in [0.25, 0.3) is 0 Å². The third-order valence-corrected chi connectivity index (χ3v) is 8.89. The molecule has 0 radical (unpaired) electrons. The number of para-hydroxylation sites is 7. The van der Waals surface area contributed by atoms with Gasteiger partial charge in [-0.05, 0) is 60.7 Å². The molecule has 0 atom stereocenters. The van der Waals surface area contributed by atoms with Crippen molar-refractivity contribution in [3.63, 3.8) is 0 Å². The van der Waals surface area contributed by atoms with Gasteiger partial charge in [0.05, 0.1) is 39.1 Å². The highest BCUT2D eigenvalue weighted by Gasteiger charge is 2.25. The van der Waals surface area contributed by atoms with Crippen LogP contribution in [-0.2, 0) is 0 Å². The molecule has 2 aromatic heterocycles. The van der Waals surface area contributed by atoms with Gasteiger partial charge in [0, 0.05) is 32.9 Å². The number of rotatable bonds is 5. The molecule has 0 N–H and O–H groups in total. The Morgan fingerprint density at radius 3 is 0.956 bits per heavy atom. The fourth-order valence-electron chi connectivity index (χ4n) is 7.04. The van der Waals surface area contributed by atoms with Crippen LogP contribution in [0.15, 0.2) is 176 Å². The molecule has 45 heavy (non-hydrogen) atoms. The molecule has 0 saturated heterocycles. The largest absolute Gasteiger partial charge is 0.307 e. The number of nitrogens with zero attached hydrogens (tertiary/aromatic N) is 3. The van der Waals surface area contributed by atoms with E-state index >= 15 is 0 Å². The minimum absolute atomic E-state index is 1.10. The van der Waals surface area contributed by atoms with Crippen LogP contribution in [0.3, 0.4) is 0 Å². The Hall–Kier alpha value is -6.06. The standard InChI is InChI=1S/C42H29N3/c1-3-16-30(17-4-1)43(31-18-5-2-6-19-31)42-40(44-36-24-11-7-20-32(36)33-21-8-12-25-37(33)44)28-15-29-41(42)45-38-26-13-9-22-34(38)35-23-10-14-27-39(35)45/h1-29H. The Labute approximate surface area is 261 Å². The molecule has 0 fully saturated rings. The van der Waals surface area contributed by atoms with Crippen molar-refractivity contribution >= 4 is 60.7 Å². The number of benzene rings is 7. The van der Waals surface area contributed by atoms with E-state index in [9.17, 15) is 0 Å². The van der Waals surface area contributed by atoms with Crippen molar-refractivity contribution in [2.45, 2.75) is 0 Å². The summed E-state index contributed by atoms with van der Waals surface area (Å²) in [4.78, 5) is 2.41. The molecule has 0 aliphatic carbocycles. The molecule has 0 aliphatic heterocycles. The number of aromatic nitrogens is 2. The van der Waals surface area contributed by atoms with Gasteiger partial charge in [0.15, 0.2) is 0 Å². The van der Waals surface area contributed by atoms with Crippen molar-refractivity contribution in [1.29, 1.82) is 0 Å². The van der Waals surface area contributed by atoms with Crippen LogP contribution in [0, 0.1) is 0 Å². The van der Waals surface area contributed by atoms with Gasteiger partial charge in [-0.1, -0.05) is 115 Å². The van der Waals surface area contributed by atoms with Crippen molar-refractivity contribution in [3.8, 4) is 11.4 Å². The van der Waals surface area contributed by atoms with Crippen LogP contribution < -0.4 is 4.90 Å². The van der Waals surface area contributed by atoms with Crippen LogP contribution in [0.25, 0.3) is 55.0 Å². The van der Waals surface area contributed by atoms with Gasteiger partial charge in [0.2, 0.25) is 0 Å². The second-order valence-electron chi connectivity index (χ2n) is 11.4. The second kappa shape index (κ2) is 10.3. The van der Waals surface area contributed by atoms with Crippen LogP contribution in [-0.4, -0.2) is 9.13 Å². The third-order valence-electron chi connectivity index (χ3n) is 8.89. The van der Waals surface area contributed by atoms with Crippen LogP contribution in [0.1, 0.15) is 0 Å². The zero-order chi connectivity index (χ0) is 29.7. The summed E-state index contributed by atoms with van der Waals surface area (Å²) in [6, 6.07) is 63.2. The van der Waals surface area contributed by atoms with Gasteiger partial charge in [0.1, 0.15) is 0 Å². The lowest BCUT2D eigenvalue weighted by Gasteiger charge is -2.31. The predicted molar refractivity (Wildman–Crippen MR) is 190 cm³/mol. The smallest absolute Gasteiger partial charge is 0.0946 e. The first-order valence-electron chi connectivity index (χ1n) is 15.4. The van der Waals surface area contributed by atoms with Crippen LogP contribution in [0.4, 0.5) is 17.1 Å². The maximum Gasteiger partial charge on any atom is 0.0946 e. The maximum atomic E-state index is 2.44. The normalized spacial score (nSPS) is 11.6. The highest BCUT2D eigenvalue weighted by molar-refractivity contribution is 6.12. The molecule has 0 spiro atoms. The van der Waals surface area contributed by atoms with Gasteiger partial charge in [-0.3, -0.25) is 0 Å². The Kier molecular flexibility index (Phi) is 5.82. The molecular formula is C42H29N3. The number of hydrogen-bond acceptors (Lipinski definition) is 1. The van der Waals surface area contributed by atoms with E-state index in [4.69, 9.17) is 0 Å². The SMILES string of the molecule is c1ccc(N(c2ccccc2)c2c(-n3c4ccccc4c4ccccc43)cccc2-n2c3ccccc3c3ccccc32)cc1. The quantitative estimate of drug-likeness (QED) is 0.199. The first-order valence-corrected chi connectivity index (χ1v) is 15.4. The van der Waals surface area contributed by atoms with E-state index in [-0.39, 0.29) is 0 Å². The first-order chi connectivity index (χ1) is 22.4. The highest BCUT2D eigenvalue weighted by Crippen LogP contribution is 2.46. The molecule has 0 bridgehead atoms. The molecule has 3 heteroatoms. The average molecular weight is 576 g/mol. The predicted octanol–water partition coefficient (Wildman–Crippen LogP) is 11.4. The molecule has 7 aromatic carbocycles. The molecule has 0 saturated carbocycles. The van der Waals surface area contributed by atoms with E-state index in [0.717, 1.165) is 28.4 Å². The van der Waals surface area contributed by atoms with E-state index in [0.29, 0.717) is 0 Å². The summed E-state index contributed by atoms with van der Waals surface area (Å²) in [5.74, 6) is 0.